The molecule has 6 heteroatoms. The molecule has 0 fully saturated rings. The third-order valence-electron chi connectivity index (χ3n) is 2.22. The highest BCUT2D eigenvalue weighted by atomic mass is 16.6. The molecule has 0 spiro atoms. The summed E-state index contributed by atoms with van der Waals surface area (Å²) in [7, 11) is 0. The van der Waals surface area contributed by atoms with E-state index < -0.39 is 11.7 Å². The summed E-state index contributed by atoms with van der Waals surface area (Å²) in [4.78, 5) is 19.6. The number of hydrogen-bond acceptors (Lipinski definition) is 4. The van der Waals surface area contributed by atoms with Crippen molar-refractivity contribution in [3.05, 3.63) is 30.4 Å². The summed E-state index contributed by atoms with van der Waals surface area (Å²) in [6, 6.07) is 1.80. The van der Waals surface area contributed by atoms with Gasteiger partial charge in [-0.15, -0.1) is 0 Å². The van der Waals surface area contributed by atoms with E-state index in [2.05, 4.69) is 27.1 Å². The van der Waals surface area contributed by atoms with Gasteiger partial charge in [0.2, 0.25) is 5.78 Å². The second kappa shape index (κ2) is 5.61. The molecule has 6 nitrogen and oxygen atoms in total. The number of hydrogen-bond donors (Lipinski definition) is 1. The van der Waals surface area contributed by atoms with Crippen LogP contribution >= 0.6 is 0 Å². The van der Waals surface area contributed by atoms with Gasteiger partial charge in [-0.2, -0.15) is 0 Å². The molecule has 2 rings (SSSR count). The maximum absolute atomic E-state index is 11.4. The number of ether oxygens (including phenoxy) is 1. The van der Waals surface area contributed by atoms with Crippen LogP contribution in [0.25, 0.3) is 5.78 Å². The molecule has 0 aliphatic carbocycles. The lowest BCUT2D eigenvalue weighted by Crippen LogP contribution is -2.32. The van der Waals surface area contributed by atoms with E-state index in [1.54, 1.807) is 22.9 Å². The highest BCUT2D eigenvalue weighted by Gasteiger charge is 2.14. The summed E-state index contributed by atoms with van der Waals surface area (Å²) in [5.41, 5.74) is 0.212. The average molecular weight is 272 g/mol. The van der Waals surface area contributed by atoms with Crippen LogP contribution in [0.1, 0.15) is 26.5 Å². The summed E-state index contributed by atoms with van der Waals surface area (Å²) < 4.78 is 6.88. The molecule has 0 saturated heterocycles. The van der Waals surface area contributed by atoms with Crippen LogP contribution in [0, 0.1) is 11.8 Å². The molecule has 0 atom stereocenters. The minimum atomic E-state index is -0.509. The van der Waals surface area contributed by atoms with Gasteiger partial charge in [0, 0.05) is 12.4 Å². The predicted octanol–water partition coefficient (Wildman–Crippen LogP) is 1.61. The second-order valence-electron chi connectivity index (χ2n) is 5.09. The number of imidazole rings is 1. The molecule has 0 radical (unpaired) electrons. The highest BCUT2D eigenvalue weighted by molar-refractivity contribution is 5.68. The van der Waals surface area contributed by atoms with Crippen molar-refractivity contribution in [1.29, 1.82) is 0 Å². The van der Waals surface area contributed by atoms with Gasteiger partial charge < -0.3 is 10.1 Å². The quantitative estimate of drug-likeness (QED) is 0.801. The first-order valence-electron chi connectivity index (χ1n) is 6.19. The number of carbonyl (C=O) groups is 1. The first-order valence-corrected chi connectivity index (χ1v) is 6.19. The third kappa shape index (κ3) is 3.72. The normalized spacial score (nSPS) is 10.8. The Morgan fingerprint density at radius 2 is 2.25 bits per heavy atom. The molecule has 20 heavy (non-hydrogen) atoms. The smallest absolute Gasteiger partial charge is 0.408 e. The Balaban J connectivity index is 1.94. The monoisotopic (exact) mass is 272 g/mol. The number of fused-ring (bicyclic) bond motifs is 1. The van der Waals surface area contributed by atoms with E-state index in [1.807, 2.05) is 27.0 Å². The van der Waals surface area contributed by atoms with Gasteiger partial charge >= 0.3 is 6.09 Å². The zero-order chi connectivity index (χ0) is 14.6. The number of carbonyl (C=O) groups excluding carboxylic acids is 1. The fourth-order valence-electron chi connectivity index (χ4n) is 1.49. The Bertz CT molecular complexity index is 674. The van der Waals surface area contributed by atoms with E-state index in [0.717, 1.165) is 5.69 Å². The van der Waals surface area contributed by atoms with Gasteiger partial charge in [-0.3, -0.25) is 4.40 Å². The van der Waals surface area contributed by atoms with Gasteiger partial charge in [-0.25, -0.2) is 14.8 Å². The Hall–Kier alpha value is -2.55. The summed E-state index contributed by atoms with van der Waals surface area (Å²) in [6.07, 6.45) is 4.67. The standard InChI is InChI=1S/C14H16N4O2/c1-14(2,3)20-13(19)16-7-4-6-11-10-17-12-15-8-5-9-18(11)12/h5,8-10H,7H2,1-3H3,(H,16,19). The van der Waals surface area contributed by atoms with Gasteiger partial charge in [-0.1, -0.05) is 5.92 Å². The molecule has 2 aromatic rings. The molecular formula is C14H16N4O2. The molecular weight excluding hydrogens is 256 g/mol. The van der Waals surface area contributed by atoms with Gasteiger partial charge in [0.15, 0.2) is 0 Å². The lowest BCUT2D eigenvalue weighted by Gasteiger charge is -2.18. The van der Waals surface area contributed by atoms with Crippen molar-refractivity contribution in [2.24, 2.45) is 0 Å². The van der Waals surface area contributed by atoms with Gasteiger partial charge in [0.1, 0.15) is 11.3 Å². The van der Waals surface area contributed by atoms with Crippen molar-refractivity contribution < 1.29 is 9.53 Å². The van der Waals surface area contributed by atoms with Crippen LogP contribution in [0.2, 0.25) is 0 Å². The third-order valence-corrected chi connectivity index (χ3v) is 2.22. The predicted molar refractivity (Wildman–Crippen MR) is 74.1 cm³/mol. The number of rotatable bonds is 1. The average Bonchev–Trinajstić information content (AvgIpc) is 2.76. The number of aromatic nitrogens is 3. The fourth-order valence-corrected chi connectivity index (χ4v) is 1.49. The second-order valence-corrected chi connectivity index (χ2v) is 5.09. The van der Waals surface area contributed by atoms with Crippen LogP contribution in [0.3, 0.4) is 0 Å². The van der Waals surface area contributed by atoms with Crippen molar-refractivity contribution in [3.63, 3.8) is 0 Å². The van der Waals surface area contributed by atoms with Crippen molar-refractivity contribution in [2.45, 2.75) is 26.4 Å². The van der Waals surface area contributed by atoms with Crippen LogP contribution < -0.4 is 5.32 Å². The lowest BCUT2D eigenvalue weighted by molar-refractivity contribution is 0.0535. The van der Waals surface area contributed by atoms with E-state index in [4.69, 9.17) is 4.74 Å². The maximum Gasteiger partial charge on any atom is 0.408 e. The van der Waals surface area contributed by atoms with E-state index >= 15 is 0 Å². The topological polar surface area (TPSA) is 68.5 Å². The molecule has 1 amide bonds. The molecule has 0 bridgehead atoms. The number of alkyl carbamates (subject to hydrolysis) is 1. The maximum atomic E-state index is 11.4. The number of nitrogens with one attached hydrogen (secondary N) is 1. The zero-order valence-electron chi connectivity index (χ0n) is 11.7. The van der Waals surface area contributed by atoms with Crippen LogP contribution in [0.5, 0.6) is 0 Å². The van der Waals surface area contributed by atoms with E-state index in [9.17, 15) is 4.79 Å². The van der Waals surface area contributed by atoms with Gasteiger partial charge in [0.05, 0.1) is 12.7 Å². The summed E-state index contributed by atoms with van der Waals surface area (Å²) >= 11 is 0. The van der Waals surface area contributed by atoms with Gasteiger partial charge in [-0.05, 0) is 32.8 Å². The summed E-state index contributed by atoms with van der Waals surface area (Å²) in [6.45, 7) is 5.64. The largest absolute Gasteiger partial charge is 0.444 e. The fraction of sp³-hybridized carbons (Fsp3) is 0.357. The molecule has 1 N–H and O–H groups in total. The number of nitrogens with zero attached hydrogens (tertiary/aromatic N) is 3. The first kappa shape index (κ1) is 13.9. The molecule has 0 aromatic carbocycles. The Morgan fingerprint density at radius 1 is 1.45 bits per heavy atom. The van der Waals surface area contributed by atoms with Crippen molar-refractivity contribution in [2.75, 3.05) is 6.54 Å². The van der Waals surface area contributed by atoms with Crippen molar-refractivity contribution >= 4 is 11.9 Å². The Morgan fingerprint density at radius 3 is 3.00 bits per heavy atom. The summed E-state index contributed by atoms with van der Waals surface area (Å²) in [5.74, 6) is 6.37. The van der Waals surface area contributed by atoms with Crippen molar-refractivity contribution in [3.8, 4) is 11.8 Å². The number of amides is 1. The zero-order valence-corrected chi connectivity index (χ0v) is 11.7. The molecule has 0 saturated carbocycles. The Labute approximate surface area is 117 Å². The molecule has 0 aliphatic rings. The first-order chi connectivity index (χ1) is 9.46. The van der Waals surface area contributed by atoms with Crippen LogP contribution in [-0.2, 0) is 4.74 Å². The highest BCUT2D eigenvalue weighted by Crippen LogP contribution is 2.06. The summed E-state index contributed by atoms with van der Waals surface area (Å²) in [5, 5.41) is 2.57. The minimum Gasteiger partial charge on any atom is -0.444 e. The van der Waals surface area contributed by atoms with Crippen LogP contribution in [0.4, 0.5) is 4.79 Å². The van der Waals surface area contributed by atoms with Crippen molar-refractivity contribution in [1.82, 2.24) is 19.7 Å². The Kier molecular flexibility index (Phi) is 3.89. The van der Waals surface area contributed by atoms with Crippen LogP contribution in [0.15, 0.2) is 24.7 Å². The molecule has 0 unspecified atom stereocenters. The SMILES string of the molecule is CC(C)(C)OC(=O)NCC#Cc1cnc2ncccn12. The van der Waals surface area contributed by atoms with E-state index in [1.165, 1.54) is 0 Å². The molecule has 0 aliphatic heterocycles. The minimum absolute atomic E-state index is 0.211. The molecule has 2 aromatic heterocycles. The molecule has 2 heterocycles. The van der Waals surface area contributed by atoms with E-state index in [0.29, 0.717) is 5.78 Å². The molecule has 104 valence electrons. The van der Waals surface area contributed by atoms with Gasteiger partial charge in [0.25, 0.3) is 0 Å². The van der Waals surface area contributed by atoms with Crippen LogP contribution in [-0.4, -0.2) is 32.6 Å². The lowest BCUT2D eigenvalue weighted by atomic mass is 10.2. The van der Waals surface area contributed by atoms with E-state index in [-0.39, 0.29) is 6.54 Å².